The minimum Gasteiger partial charge on any atom is -0.352 e. The van der Waals surface area contributed by atoms with Crippen molar-refractivity contribution in [2.45, 2.75) is 13.3 Å². The highest BCUT2D eigenvalue weighted by Crippen LogP contribution is 2.31. The van der Waals surface area contributed by atoms with Crippen molar-refractivity contribution in [3.05, 3.63) is 59.1 Å². The van der Waals surface area contributed by atoms with Crippen molar-refractivity contribution in [1.29, 1.82) is 0 Å². The summed E-state index contributed by atoms with van der Waals surface area (Å²) in [6.45, 7) is 2.63. The Morgan fingerprint density at radius 2 is 1.96 bits per heavy atom. The Morgan fingerprint density at radius 1 is 1.19 bits per heavy atom. The first-order chi connectivity index (χ1) is 13.0. The van der Waals surface area contributed by atoms with Crippen LogP contribution in [0.5, 0.6) is 0 Å². The fourth-order valence-electron chi connectivity index (χ4n) is 3.03. The number of anilines is 2. The number of nitrogens with one attached hydrogen (secondary N) is 2. The van der Waals surface area contributed by atoms with E-state index in [1.54, 1.807) is 48.5 Å². The average molecular weight is 386 g/mol. The fourth-order valence-corrected chi connectivity index (χ4v) is 3.27. The van der Waals surface area contributed by atoms with E-state index < -0.39 is 5.92 Å². The van der Waals surface area contributed by atoms with Crippen molar-refractivity contribution < 1.29 is 14.4 Å². The summed E-state index contributed by atoms with van der Waals surface area (Å²) < 4.78 is 0. The topological polar surface area (TPSA) is 78.5 Å². The van der Waals surface area contributed by atoms with Gasteiger partial charge in [-0.2, -0.15) is 0 Å². The van der Waals surface area contributed by atoms with Crippen LogP contribution in [0.25, 0.3) is 0 Å². The molecule has 3 amide bonds. The molecule has 0 aromatic heterocycles. The maximum Gasteiger partial charge on any atom is 0.251 e. The largest absolute Gasteiger partial charge is 0.352 e. The number of hydrogen-bond acceptors (Lipinski definition) is 3. The number of para-hydroxylation sites is 1. The second kappa shape index (κ2) is 8.22. The molecule has 0 radical (unpaired) electrons. The van der Waals surface area contributed by atoms with Crippen LogP contribution in [0, 0.1) is 5.92 Å². The molecule has 0 bridgehead atoms. The van der Waals surface area contributed by atoms with E-state index in [0.717, 1.165) is 0 Å². The van der Waals surface area contributed by atoms with Crippen LogP contribution in [0.4, 0.5) is 11.4 Å². The second-order valence-electron chi connectivity index (χ2n) is 6.29. The lowest BCUT2D eigenvalue weighted by Crippen LogP contribution is -2.28. The van der Waals surface area contributed by atoms with Gasteiger partial charge >= 0.3 is 0 Å². The summed E-state index contributed by atoms with van der Waals surface area (Å²) in [7, 11) is 0. The van der Waals surface area contributed by atoms with Crippen LogP contribution in [0.3, 0.4) is 0 Å². The number of halogens is 1. The first-order valence-corrected chi connectivity index (χ1v) is 9.11. The Kier molecular flexibility index (Phi) is 5.76. The number of amides is 3. The lowest BCUT2D eigenvalue weighted by atomic mass is 10.1. The van der Waals surface area contributed by atoms with Gasteiger partial charge in [-0.3, -0.25) is 14.4 Å². The molecule has 2 aromatic carbocycles. The summed E-state index contributed by atoms with van der Waals surface area (Å²) in [4.78, 5) is 38.4. The van der Waals surface area contributed by atoms with E-state index in [-0.39, 0.29) is 30.7 Å². The Morgan fingerprint density at radius 3 is 2.70 bits per heavy atom. The fraction of sp³-hybridized carbons (Fsp3) is 0.250. The van der Waals surface area contributed by atoms with Gasteiger partial charge in [0, 0.05) is 30.8 Å². The number of rotatable bonds is 5. The van der Waals surface area contributed by atoms with Crippen LogP contribution in [0.2, 0.25) is 5.02 Å². The minimum absolute atomic E-state index is 0.118. The molecule has 1 unspecified atom stereocenters. The number of carbonyl (C=O) groups is 3. The van der Waals surface area contributed by atoms with E-state index in [0.29, 0.717) is 28.5 Å². The maximum absolute atomic E-state index is 12.6. The Labute approximate surface area is 162 Å². The van der Waals surface area contributed by atoms with Crippen LogP contribution >= 0.6 is 11.6 Å². The van der Waals surface area contributed by atoms with E-state index >= 15 is 0 Å². The standard InChI is InChI=1S/C20H20ClN3O3/c1-2-22-19(26)13-6-5-7-15(10-13)23-20(27)14-11-18(25)24(12-14)17-9-4-3-8-16(17)21/h3-10,14H,2,11-12H2,1H3,(H,22,26)(H,23,27). The minimum atomic E-state index is -0.484. The zero-order valence-electron chi connectivity index (χ0n) is 14.9. The molecule has 6 nitrogen and oxygen atoms in total. The predicted octanol–water partition coefficient (Wildman–Crippen LogP) is 3.08. The zero-order valence-corrected chi connectivity index (χ0v) is 15.6. The first kappa shape index (κ1) is 18.9. The van der Waals surface area contributed by atoms with Gasteiger partial charge in [0.15, 0.2) is 0 Å². The Balaban J connectivity index is 1.69. The highest BCUT2D eigenvalue weighted by atomic mass is 35.5. The van der Waals surface area contributed by atoms with E-state index in [1.165, 1.54) is 4.90 Å². The lowest BCUT2D eigenvalue weighted by molar-refractivity contribution is -0.122. The van der Waals surface area contributed by atoms with E-state index in [4.69, 9.17) is 11.6 Å². The third-order valence-corrected chi connectivity index (χ3v) is 4.69. The van der Waals surface area contributed by atoms with Gasteiger partial charge in [-0.15, -0.1) is 0 Å². The van der Waals surface area contributed by atoms with Gasteiger partial charge in [0.2, 0.25) is 11.8 Å². The van der Waals surface area contributed by atoms with Crippen molar-refractivity contribution in [2.24, 2.45) is 5.92 Å². The molecule has 0 spiro atoms. The van der Waals surface area contributed by atoms with Gasteiger partial charge in [-0.05, 0) is 37.3 Å². The summed E-state index contributed by atoms with van der Waals surface area (Å²) in [6.07, 6.45) is 0.118. The molecule has 27 heavy (non-hydrogen) atoms. The van der Waals surface area contributed by atoms with Crippen molar-refractivity contribution in [3.8, 4) is 0 Å². The Hall–Kier alpha value is -2.86. The molecule has 0 saturated carbocycles. The number of nitrogens with zero attached hydrogens (tertiary/aromatic N) is 1. The summed E-state index contributed by atoms with van der Waals surface area (Å²) in [5, 5.41) is 5.99. The molecular weight excluding hydrogens is 366 g/mol. The van der Waals surface area contributed by atoms with Gasteiger partial charge in [0.05, 0.1) is 16.6 Å². The predicted molar refractivity (Wildman–Crippen MR) is 105 cm³/mol. The molecule has 140 valence electrons. The van der Waals surface area contributed by atoms with E-state index in [1.807, 2.05) is 6.92 Å². The van der Waals surface area contributed by atoms with Gasteiger partial charge in [0.1, 0.15) is 0 Å². The quantitative estimate of drug-likeness (QED) is 0.830. The smallest absolute Gasteiger partial charge is 0.251 e. The van der Waals surface area contributed by atoms with Crippen LogP contribution in [-0.4, -0.2) is 30.8 Å². The first-order valence-electron chi connectivity index (χ1n) is 8.73. The van der Waals surface area contributed by atoms with Crippen molar-refractivity contribution in [2.75, 3.05) is 23.3 Å². The van der Waals surface area contributed by atoms with Crippen molar-refractivity contribution >= 4 is 40.7 Å². The molecule has 1 saturated heterocycles. The molecule has 3 rings (SSSR count). The van der Waals surface area contributed by atoms with Crippen molar-refractivity contribution in [1.82, 2.24) is 5.32 Å². The molecule has 7 heteroatoms. The van der Waals surface area contributed by atoms with Gasteiger partial charge in [-0.1, -0.05) is 29.8 Å². The normalized spacial score (nSPS) is 16.3. The molecule has 0 aliphatic carbocycles. The van der Waals surface area contributed by atoms with E-state index in [9.17, 15) is 14.4 Å². The lowest BCUT2D eigenvalue weighted by Gasteiger charge is -2.18. The molecule has 2 aromatic rings. The number of benzene rings is 2. The van der Waals surface area contributed by atoms with Crippen LogP contribution < -0.4 is 15.5 Å². The van der Waals surface area contributed by atoms with Gasteiger partial charge in [-0.25, -0.2) is 0 Å². The number of carbonyl (C=O) groups excluding carboxylic acids is 3. The van der Waals surface area contributed by atoms with Crippen LogP contribution in [-0.2, 0) is 9.59 Å². The summed E-state index contributed by atoms with van der Waals surface area (Å²) in [5.41, 5.74) is 1.60. The van der Waals surface area contributed by atoms with Gasteiger partial charge < -0.3 is 15.5 Å². The molecule has 1 aliphatic heterocycles. The third-order valence-electron chi connectivity index (χ3n) is 4.37. The zero-order chi connectivity index (χ0) is 19.4. The Bertz CT molecular complexity index is 884. The van der Waals surface area contributed by atoms with E-state index in [2.05, 4.69) is 10.6 Å². The molecule has 1 fully saturated rings. The maximum atomic E-state index is 12.6. The van der Waals surface area contributed by atoms with Crippen molar-refractivity contribution in [3.63, 3.8) is 0 Å². The summed E-state index contributed by atoms with van der Waals surface area (Å²) in [5.74, 6) is -1.08. The van der Waals surface area contributed by atoms with Gasteiger partial charge in [0.25, 0.3) is 5.91 Å². The highest BCUT2D eigenvalue weighted by Gasteiger charge is 2.35. The highest BCUT2D eigenvalue weighted by molar-refractivity contribution is 6.33. The number of hydrogen-bond donors (Lipinski definition) is 2. The van der Waals surface area contributed by atoms with Crippen LogP contribution in [0.15, 0.2) is 48.5 Å². The molecule has 1 heterocycles. The molecule has 1 aliphatic rings. The molecule has 1 atom stereocenters. The molecule has 2 N–H and O–H groups in total. The average Bonchev–Trinajstić information content (AvgIpc) is 3.04. The monoisotopic (exact) mass is 385 g/mol. The second-order valence-corrected chi connectivity index (χ2v) is 6.69. The molecular formula is C20H20ClN3O3. The van der Waals surface area contributed by atoms with Crippen LogP contribution in [0.1, 0.15) is 23.7 Å². The third kappa shape index (κ3) is 4.28. The summed E-state index contributed by atoms with van der Waals surface area (Å²) >= 11 is 6.17. The summed E-state index contributed by atoms with van der Waals surface area (Å²) in [6, 6.07) is 13.8. The SMILES string of the molecule is CCNC(=O)c1cccc(NC(=O)C2CC(=O)N(c3ccccc3Cl)C2)c1.